The van der Waals surface area contributed by atoms with E-state index in [1.54, 1.807) is 12.1 Å². The maximum absolute atomic E-state index is 11.8. The van der Waals surface area contributed by atoms with Crippen molar-refractivity contribution in [1.82, 2.24) is 0 Å². The van der Waals surface area contributed by atoms with Crippen molar-refractivity contribution in [2.24, 2.45) is 4.99 Å². The molecule has 0 aliphatic rings. The van der Waals surface area contributed by atoms with Gasteiger partial charge in [0.25, 0.3) is 0 Å². The van der Waals surface area contributed by atoms with Gasteiger partial charge in [0.2, 0.25) is 0 Å². The number of rotatable bonds is 13. The highest BCUT2D eigenvalue weighted by Crippen LogP contribution is 2.16. The van der Waals surface area contributed by atoms with Gasteiger partial charge in [-0.2, -0.15) is 0 Å². The molecule has 0 aliphatic carbocycles. The number of unbranched alkanes of at least 4 members (excludes halogenated alkanes) is 6. The molecule has 0 saturated carbocycles. The van der Waals surface area contributed by atoms with Gasteiger partial charge in [0.15, 0.2) is 0 Å². The van der Waals surface area contributed by atoms with Gasteiger partial charge < -0.3 is 4.74 Å². The molecule has 3 nitrogen and oxygen atoms in total. The summed E-state index contributed by atoms with van der Waals surface area (Å²) < 4.78 is 5.28. The Kier molecular flexibility index (Phi) is 10.7. The largest absolute Gasteiger partial charge is 0.462 e. The van der Waals surface area contributed by atoms with Gasteiger partial charge in [-0.1, -0.05) is 69.4 Å². The molecule has 0 saturated heterocycles. The molecule has 28 heavy (non-hydrogen) atoms. The number of aliphatic imine (C=N–C) groups is 1. The van der Waals surface area contributed by atoms with Gasteiger partial charge >= 0.3 is 5.97 Å². The van der Waals surface area contributed by atoms with Crippen LogP contribution in [0, 0.1) is 0 Å². The van der Waals surface area contributed by atoms with Gasteiger partial charge in [-0.3, -0.25) is 4.99 Å². The molecular formula is C25H33NO2. The minimum absolute atomic E-state index is 0.264. The zero-order chi connectivity index (χ0) is 19.9. The molecule has 2 rings (SSSR count). The highest BCUT2D eigenvalue weighted by atomic mass is 16.5. The molecule has 0 unspecified atom stereocenters. The van der Waals surface area contributed by atoms with Gasteiger partial charge in [0, 0.05) is 6.21 Å². The van der Waals surface area contributed by atoms with Gasteiger partial charge in [-0.25, -0.2) is 4.79 Å². The molecule has 2 aromatic rings. The van der Waals surface area contributed by atoms with E-state index < -0.39 is 0 Å². The summed E-state index contributed by atoms with van der Waals surface area (Å²) in [5.74, 6) is -0.264. The van der Waals surface area contributed by atoms with Gasteiger partial charge in [-0.05, 0) is 55.5 Å². The third-order valence-electron chi connectivity index (χ3n) is 4.69. The summed E-state index contributed by atoms with van der Waals surface area (Å²) in [6, 6.07) is 17.6. The van der Waals surface area contributed by atoms with E-state index in [-0.39, 0.29) is 5.97 Å². The van der Waals surface area contributed by atoms with E-state index in [0.29, 0.717) is 12.2 Å². The third kappa shape index (κ3) is 8.98. The Balaban J connectivity index is 1.62. The molecule has 0 aromatic heterocycles. The second-order valence-electron chi connectivity index (χ2n) is 7.14. The third-order valence-corrected chi connectivity index (χ3v) is 4.69. The Labute approximate surface area is 169 Å². The first-order chi connectivity index (χ1) is 13.8. The van der Waals surface area contributed by atoms with E-state index in [1.807, 2.05) is 30.5 Å². The molecule has 0 amide bonds. The van der Waals surface area contributed by atoms with E-state index in [0.717, 1.165) is 24.9 Å². The van der Waals surface area contributed by atoms with Gasteiger partial charge in [0.05, 0.1) is 17.9 Å². The minimum atomic E-state index is -0.264. The Morgan fingerprint density at radius 2 is 1.71 bits per heavy atom. The van der Waals surface area contributed by atoms with Crippen molar-refractivity contribution >= 4 is 17.9 Å². The van der Waals surface area contributed by atoms with Crippen LogP contribution < -0.4 is 0 Å². The van der Waals surface area contributed by atoms with Crippen LogP contribution in [-0.2, 0) is 11.2 Å². The number of nitrogens with zero attached hydrogens (tertiary/aromatic N) is 1. The first-order valence-corrected chi connectivity index (χ1v) is 10.6. The molecule has 0 atom stereocenters. The van der Waals surface area contributed by atoms with Crippen molar-refractivity contribution in [3.8, 4) is 0 Å². The Hall–Kier alpha value is -2.42. The van der Waals surface area contributed by atoms with Crippen molar-refractivity contribution in [2.75, 3.05) is 6.61 Å². The van der Waals surface area contributed by atoms with Crippen molar-refractivity contribution in [2.45, 2.75) is 64.7 Å². The Morgan fingerprint density at radius 1 is 0.929 bits per heavy atom. The number of esters is 1. The van der Waals surface area contributed by atoms with Crippen LogP contribution in [0.4, 0.5) is 5.69 Å². The number of carbonyl (C=O) groups is 1. The number of aryl methyl sites for hydroxylation is 1. The summed E-state index contributed by atoms with van der Waals surface area (Å²) in [5, 5.41) is 0. The first kappa shape index (κ1) is 21.9. The van der Waals surface area contributed by atoms with E-state index in [2.05, 4.69) is 30.1 Å². The molecular weight excluding hydrogens is 346 g/mol. The molecule has 2 aromatic carbocycles. The minimum Gasteiger partial charge on any atom is -0.462 e. The van der Waals surface area contributed by atoms with Crippen LogP contribution in [0.1, 0.15) is 74.2 Å². The van der Waals surface area contributed by atoms with Crippen molar-refractivity contribution in [3.63, 3.8) is 0 Å². The van der Waals surface area contributed by atoms with Crippen LogP contribution in [0.5, 0.6) is 0 Å². The number of ether oxygens (including phenoxy) is 1. The van der Waals surface area contributed by atoms with Crippen LogP contribution >= 0.6 is 0 Å². The second kappa shape index (κ2) is 13.7. The Morgan fingerprint density at radius 3 is 2.54 bits per heavy atom. The normalized spacial score (nSPS) is 11.0. The van der Waals surface area contributed by atoms with Crippen molar-refractivity contribution in [1.29, 1.82) is 0 Å². The molecule has 3 heteroatoms. The topological polar surface area (TPSA) is 38.7 Å². The second-order valence-corrected chi connectivity index (χ2v) is 7.14. The molecule has 0 spiro atoms. The maximum atomic E-state index is 11.8. The number of hydrogen-bond acceptors (Lipinski definition) is 3. The molecule has 0 heterocycles. The van der Waals surface area contributed by atoms with E-state index in [9.17, 15) is 4.79 Å². The fraction of sp³-hybridized carbons (Fsp3) is 0.440. The molecule has 0 bridgehead atoms. The lowest BCUT2D eigenvalue weighted by molar-refractivity contribution is 0.0502. The summed E-state index contributed by atoms with van der Waals surface area (Å²) in [6.07, 6.45) is 12.6. The van der Waals surface area contributed by atoms with Crippen LogP contribution in [0.15, 0.2) is 59.6 Å². The van der Waals surface area contributed by atoms with Crippen LogP contribution in [0.25, 0.3) is 0 Å². The van der Waals surface area contributed by atoms with E-state index in [1.165, 1.54) is 44.1 Å². The monoisotopic (exact) mass is 379 g/mol. The standard InChI is InChI=1S/C25H33NO2/c1-2-3-4-5-6-8-14-22-15-13-18-24(21-22)26-19-11-12-20-28-25(27)23-16-9-7-10-17-23/h7,9-10,13,15-19,21H,2-6,8,11-12,14,20H2,1H3. The molecule has 0 radical (unpaired) electrons. The van der Waals surface area contributed by atoms with Crippen molar-refractivity contribution < 1.29 is 9.53 Å². The van der Waals surface area contributed by atoms with Gasteiger partial charge in [0.1, 0.15) is 0 Å². The molecule has 0 fully saturated rings. The van der Waals surface area contributed by atoms with Crippen LogP contribution in [0.3, 0.4) is 0 Å². The fourth-order valence-corrected chi connectivity index (χ4v) is 3.07. The summed E-state index contributed by atoms with van der Waals surface area (Å²) >= 11 is 0. The predicted molar refractivity (Wildman–Crippen MR) is 118 cm³/mol. The highest BCUT2D eigenvalue weighted by Gasteiger charge is 2.04. The smallest absolute Gasteiger partial charge is 0.338 e. The number of benzene rings is 2. The zero-order valence-corrected chi connectivity index (χ0v) is 17.1. The maximum Gasteiger partial charge on any atom is 0.338 e. The predicted octanol–water partition coefficient (Wildman–Crippen LogP) is 6.93. The average Bonchev–Trinajstić information content (AvgIpc) is 2.74. The summed E-state index contributed by atoms with van der Waals surface area (Å²) in [6.45, 7) is 2.67. The van der Waals surface area contributed by atoms with Crippen LogP contribution in [0.2, 0.25) is 0 Å². The first-order valence-electron chi connectivity index (χ1n) is 10.6. The summed E-state index contributed by atoms with van der Waals surface area (Å²) in [4.78, 5) is 16.4. The molecule has 0 N–H and O–H groups in total. The lowest BCUT2D eigenvalue weighted by Crippen LogP contribution is -2.06. The SMILES string of the molecule is CCCCCCCCc1cccc(N=CCCCOC(=O)c2ccccc2)c1. The number of carbonyl (C=O) groups excluding carboxylic acids is 1. The Bertz CT molecular complexity index is 709. The molecule has 0 aliphatic heterocycles. The van der Waals surface area contributed by atoms with Crippen molar-refractivity contribution in [3.05, 3.63) is 65.7 Å². The van der Waals surface area contributed by atoms with Gasteiger partial charge in [-0.15, -0.1) is 0 Å². The molecule has 150 valence electrons. The highest BCUT2D eigenvalue weighted by molar-refractivity contribution is 5.89. The lowest BCUT2D eigenvalue weighted by Gasteiger charge is -2.04. The fourth-order valence-electron chi connectivity index (χ4n) is 3.07. The summed E-state index contributed by atoms with van der Waals surface area (Å²) in [5.41, 5.74) is 2.96. The van der Waals surface area contributed by atoms with Crippen LogP contribution in [-0.4, -0.2) is 18.8 Å². The zero-order valence-electron chi connectivity index (χ0n) is 17.1. The average molecular weight is 380 g/mol. The quantitative estimate of drug-likeness (QED) is 0.215. The van der Waals surface area contributed by atoms with E-state index >= 15 is 0 Å². The lowest BCUT2D eigenvalue weighted by atomic mass is 10.0. The summed E-state index contributed by atoms with van der Waals surface area (Å²) in [7, 11) is 0. The number of hydrogen-bond donors (Lipinski definition) is 0. The van der Waals surface area contributed by atoms with E-state index in [4.69, 9.17) is 4.74 Å².